The van der Waals surface area contributed by atoms with Crippen molar-refractivity contribution in [1.82, 2.24) is 5.32 Å². The van der Waals surface area contributed by atoms with Crippen LogP contribution in [0.25, 0.3) is 0 Å². The number of hydrogen-bond acceptors (Lipinski definition) is 2. The highest BCUT2D eigenvalue weighted by atomic mass is 35.5. The molecule has 0 saturated carbocycles. The summed E-state index contributed by atoms with van der Waals surface area (Å²) in [6.07, 6.45) is 1.54. The minimum absolute atomic E-state index is 0.379. The molecule has 1 aromatic rings. The zero-order valence-electron chi connectivity index (χ0n) is 6.04. The molecule has 4 heteroatoms. The maximum absolute atomic E-state index is 11.0. The Bertz CT molecular complexity index is 343. The van der Waals surface area contributed by atoms with E-state index in [1.165, 1.54) is 6.07 Å². The van der Waals surface area contributed by atoms with Gasteiger partial charge in [-0.2, -0.15) is 5.26 Å². The van der Waals surface area contributed by atoms with E-state index >= 15 is 0 Å². The average molecular weight is 181 g/mol. The van der Waals surface area contributed by atoms with Gasteiger partial charge in [-0.25, -0.2) is 0 Å². The van der Waals surface area contributed by atoms with Crippen LogP contribution < -0.4 is 5.32 Å². The molecule has 60 valence electrons. The topological polar surface area (TPSA) is 52.9 Å². The number of nitrogens with zero attached hydrogens (tertiary/aromatic N) is 1. The van der Waals surface area contributed by atoms with Crippen LogP contribution in [0, 0.1) is 11.5 Å². The lowest BCUT2D eigenvalue weighted by Crippen LogP contribution is -2.16. The monoisotopic (exact) mass is 180 g/mol. The molecule has 1 rings (SSSR count). The van der Waals surface area contributed by atoms with Gasteiger partial charge in [0.15, 0.2) is 6.19 Å². The van der Waals surface area contributed by atoms with E-state index in [0.29, 0.717) is 10.6 Å². The van der Waals surface area contributed by atoms with Crippen LogP contribution in [0.2, 0.25) is 5.02 Å². The van der Waals surface area contributed by atoms with Gasteiger partial charge < -0.3 is 0 Å². The lowest BCUT2D eigenvalue weighted by molar-refractivity contribution is 0.0973. The molecule has 3 nitrogen and oxygen atoms in total. The Hall–Kier alpha value is -1.53. The Balaban J connectivity index is 2.90. The number of carbonyl (C=O) groups is 1. The molecule has 12 heavy (non-hydrogen) atoms. The van der Waals surface area contributed by atoms with Crippen molar-refractivity contribution in [2.75, 3.05) is 0 Å². The minimum Gasteiger partial charge on any atom is -0.268 e. The summed E-state index contributed by atoms with van der Waals surface area (Å²) in [5.41, 5.74) is 0.379. The molecular weight excluding hydrogens is 176 g/mol. The van der Waals surface area contributed by atoms with E-state index in [1.807, 2.05) is 5.32 Å². The fourth-order valence-electron chi connectivity index (χ4n) is 0.753. The van der Waals surface area contributed by atoms with E-state index in [4.69, 9.17) is 16.9 Å². The van der Waals surface area contributed by atoms with Crippen molar-refractivity contribution in [1.29, 1.82) is 5.26 Å². The minimum atomic E-state index is -0.444. The summed E-state index contributed by atoms with van der Waals surface area (Å²) in [7, 11) is 0. The summed E-state index contributed by atoms with van der Waals surface area (Å²) in [5.74, 6) is -0.444. The van der Waals surface area contributed by atoms with Gasteiger partial charge in [0.05, 0.1) is 0 Å². The molecule has 0 radical (unpaired) electrons. The Morgan fingerprint density at radius 1 is 1.58 bits per heavy atom. The van der Waals surface area contributed by atoms with Gasteiger partial charge in [0, 0.05) is 10.6 Å². The standard InChI is InChI=1S/C8H5ClN2O/c9-7-3-1-2-6(4-7)8(12)11-5-10/h1-4H,(H,11,12). The van der Waals surface area contributed by atoms with Crippen LogP contribution in [-0.4, -0.2) is 5.91 Å². The van der Waals surface area contributed by atoms with Crippen molar-refractivity contribution in [2.45, 2.75) is 0 Å². The van der Waals surface area contributed by atoms with E-state index in [1.54, 1.807) is 24.4 Å². The maximum Gasteiger partial charge on any atom is 0.264 e. The quantitative estimate of drug-likeness (QED) is 0.527. The molecule has 0 unspecified atom stereocenters. The highest BCUT2D eigenvalue weighted by Crippen LogP contribution is 2.09. The lowest BCUT2D eigenvalue weighted by Gasteiger charge is -1.96. The highest BCUT2D eigenvalue weighted by molar-refractivity contribution is 6.30. The van der Waals surface area contributed by atoms with Gasteiger partial charge in [-0.15, -0.1) is 0 Å². The second-order valence-electron chi connectivity index (χ2n) is 2.08. The number of halogens is 1. The molecule has 1 amide bonds. The van der Waals surface area contributed by atoms with Crippen molar-refractivity contribution in [3.63, 3.8) is 0 Å². The number of hydrogen-bond donors (Lipinski definition) is 1. The van der Waals surface area contributed by atoms with Crippen LogP contribution in [0.5, 0.6) is 0 Å². The Morgan fingerprint density at radius 2 is 2.33 bits per heavy atom. The van der Waals surface area contributed by atoms with E-state index in [9.17, 15) is 4.79 Å². The van der Waals surface area contributed by atoms with Crippen LogP contribution in [0.15, 0.2) is 24.3 Å². The van der Waals surface area contributed by atoms with Crippen molar-refractivity contribution < 1.29 is 4.79 Å². The summed E-state index contributed by atoms with van der Waals surface area (Å²) in [5, 5.41) is 10.6. The molecule has 0 aromatic heterocycles. The van der Waals surface area contributed by atoms with Crippen LogP contribution in [0.4, 0.5) is 0 Å². The highest BCUT2D eigenvalue weighted by Gasteiger charge is 2.03. The second kappa shape index (κ2) is 3.74. The molecule has 0 fully saturated rings. The predicted molar refractivity (Wildman–Crippen MR) is 44.5 cm³/mol. The largest absolute Gasteiger partial charge is 0.268 e. The van der Waals surface area contributed by atoms with Crippen molar-refractivity contribution in [3.05, 3.63) is 34.9 Å². The molecular formula is C8H5ClN2O. The van der Waals surface area contributed by atoms with Crippen LogP contribution in [-0.2, 0) is 0 Å². The van der Waals surface area contributed by atoms with Gasteiger partial charge >= 0.3 is 0 Å². The van der Waals surface area contributed by atoms with Crippen LogP contribution in [0.1, 0.15) is 10.4 Å². The number of carbonyl (C=O) groups excluding carboxylic acids is 1. The van der Waals surface area contributed by atoms with Gasteiger partial charge in [0.25, 0.3) is 5.91 Å². The molecule has 1 N–H and O–H groups in total. The number of nitriles is 1. The van der Waals surface area contributed by atoms with E-state index in [0.717, 1.165) is 0 Å². The average Bonchev–Trinajstić information content (AvgIpc) is 2.05. The van der Waals surface area contributed by atoms with E-state index in [-0.39, 0.29) is 0 Å². The van der Waals surface area contributed by atoms with Crippen LogP contribution >= 0.6 is 11.6 Å². The fourth-order valence-corrected chi connectivity index (χ4v) is 0.943. The molecule has 0 saturated heterocycles. The summed E-state index contributed by atoms with van der Waals surface area (Å²) < 4.78 is 0. The Kier molecular flexibility index (Phi) is 2.67. The predicted octanol–water partition coefficient (Wildman–Crippen LogP) is 1.55. The normalized spacial score (nSPS) is 8.67. The zero-order chi connectivity index (χ0) is 8.97. The van der Waals surface area contributed by atoms with E-state index in [2.05, 4.69) is 0 Å². The summed E-state index contributed by atoms with van der Waals surface area (Å²) in [6, 6.07) is 6.38. The summed E-state index contributed by atoms with van der Waals surface area (Å²) in [6.45, 7) is 0. The van der Waals surface area contributed by atoms with Crippen molar-refractivity contribution in [3.8, 4) is 6.19 Å². The third-order valence-corrected chi connectivity index (χ3v) is 1.49. The fraction of sp³-hybridized carbons (Fsp3) is 0. The maximum atomic E-state index is 11.0. The third-order valence-electron chi connectivity index (χ3n) is 1.26. The Morgan fingerprint density at radius 3 is 2.92 bits per heavy atom. The van der Waals surface area contributed by atoms with Gasteiger partial charge in [-0.3, -0.25) is 10.1 Å². The van der Waals surface area contributed by atoms with E-state index < -0.39 is 5.91 Å². The molecule has 0 heterocycles. The second-order valence-corrected chi connectivity index (χ2v) is 2.51. The first-order valence-corrected chi connectivity index (χ1v) is 3.57. The van der Waals surface area contributed by atoms with Gasteiger partial charge in [0.2, 0.25) is 0 Å². The molecule has 0 atom stereocenters. The molecule has 0 aliphatic heterocycles. The number of rotatable bonds is 1. The van der Waals surface area contributed by atoms with Crippen LogP contribution in [0.3, 0.4) is 0 Å². The van der Waals surface area contributed by atoms with Gasteiger partial charge in [-0.05, 0) is 18.2 Å². The number of nitrogens with one attached hydrogen (secondary N) is 1. The summed E-state index contributed by atoms with van der Waals surface area (Å²) in [4.78, 5) is 11.0. The molecule has 1 aromatic carbocycles. The molecule has 0 spiro atoms. The zero-order valence-corrected chi connectivity index (χ0v) is 6.80. The first-order valence-electron chi connectivity index (χ1n) is 3.19. The number of amides is 1. The first-order chi connectivity index (χ1) is 5.74. The first kappa shape index (κ1) is 8.57. The van der Waals surface area contributed by atoms with Gasteiger partial charge in [0.1, 0.15) is 0 Å². The van der Waals surface area contributed by atoms with Gasteiger partial charge in [-0.1, -0.05) is 17.7 Å². The SMILES string of the molecule is N#CNC(=O)c1cccc(Cl)c1. The number of benzene rings is 1. The molecule has 0 aliphatic carbocycles. The Labute approximate surface area is 74.6 Å². The van der Waals surface area contributed by atoms with Crippen molar-refractivity contribution in [2.24, 2.45) is 0 Å². The lowest BCUT2D eigenvalue weighted by atomic mass is 10.2. The molecule has 0 bridgehead atoms. The summed E-state index contributed by atoms with van der Waals surface area (Å²) >= 11 is 5.63. The third kappa shape index (κ3) is 1.97. The smallest absolute Gasteiger partial charge is 0.264 e. The molecule has 0 aliphatic rings. The van der Waals surface area contributed by atoms with Crippen molar-refractivity contribution >= 4 is 17.5 Å².